The van der Waals surface area contributed by atoms with Crippen LogP contribution < -0.4 is 0 Å². The Labute approximate surface area is 31.7 Å². The molecule has 0 radical (unpaired) electrons. The summed E-state index contributed by atoms with van der Waals surface area (Å²) in [5.41, 5.74) is 0. The summed E-state index contributed by atoms with van der Waals surface area (Å²) in [6.07, 6.45) is 0.750. The van der Waals surface area contributed by atoms with Crippen LogP contribution in [0, 0.1) is 11.5 Å². The summed E-state index contributed by atoms with van der Waals surface area (Å²) in [6.45, 7) is 4.00. The molecular weight excluding hydrogens is 66.0 g/mol. The molecule has 0 fully saturated rings. The first kappa shape index (κ1) is 8.85. The van der Waals surface area contributed by atoms with Crippen LogP contribution in [0.25, 0.3) is 0 Å². The maximum atomic E-state index is 6.88. The number of aliphatic hydroxyl groups excluding tert-OH is 1. The van der Waals surface area contributed by atoms with Gasteiger partial charge < -0.3 is 5.11 Å². The molecule has 2 nitrogen and oxygen atoms in total. The Hall–Kier alpha value is -0.710. The largest absolute Gasteiger partial charge is 0.443 e. The lowest BCUT2D eigenvalue weighted by Crippen LogP contribution is -1.27. The highest BCUT2D eigenvalue weighted by Gasteiger charge is 1.16. The third kappa shape index (κ3) is 10.9. The van der Waals surface area contributed by atoms with Gasteiger partial charge in [0, 0.05) is 0 Å². The maximum absolute atomic E-state index is 6.88. The molecule has 0 aliphatic heterocycles. The SMILES string of the molecule is CC.N#CO. The number of hydrogen-bond donors (Lipinski definition) is 1. The van der Waals surface area contributed by atoms with E-state index in [9.17, 15) is 0 Å². The fourth-order valence-electron chi connectivity index (χ4n) is 0. The van der Waals surface area contributed by atoms with Crippen LogP contribution in [0.2, 0.25) is 0 Å². The summed E-state index contributed by atoms with van der Waals surface area (Å²) in [5, 5.41) is 13.8. The summed E-state index contributed by atoms with van der Waals surface area (Å²) in [5.74, 6) is 0. The zero-order chi connectivity index (χ0) is 4.71. The molecule has 0 saturated heterocycles. The number of hydrogen-bond acceptors (Lipinski definition) is 2. The van der Waals surface area contributed by atoms with Crippen LogP contribution in [0.5, 0.6) is 0 Å². The number of nitriles is 1. The quantitative estimate of drug-likeness (QED) is 0.432. The van der Waals surface area contributed by atoms with Crippen LogP contribution in [0.4, 0.5) is 0 Å². The molecular formula is C3H7NO. The maximum Gasteiger partial charge on any atom is 0.283 e. The van der Waals surface area contributed by atoms with Crippen molar-refractivity contribution in [1.29, 1.82) is 5.26 Å². The fraction of sp³-hybridized carbons (Fsp3) is 0.667. The van der Waals surface area contributed by atoms with Gasteiger partial charge in [-0.05, 0) is 0 Å². The second-order valence-electron chi connectivity index (χ2n) is 0.100. The van der Waals surface area contributed by atoms with Crippen molar-refractivity contribution < 1.29 is 5.11 Å². The van der Waals surface area contributed by atoms with Crippen molar-refractivity contribution in [2.24, 2.45) is 0 Å². The summed E-state index contributed by atoms with van der Waals surface area (Å²) < 4.78 is 0. The molecule has 0 heterocycles. The van der Waals surface area contributed by atoms with Crippen molar-refractivity contribution in [1.82, 2.24) is 0 Å². The Bertz CT molecular complexity index is 28.4. The second-order valence-corrected chi connectivity index (χ2v) is 0.100. The lowest BCUT2D eigenvalue weighted by atomic mass is 11.0. The van der Waals surface area contributed by atoms with Gasteiger partial charge >= 0.3 is 0 Å². The van der Waals surface area contributed by atoms with Gasteiger partial charge in [-0.1, -0.05) is 13.8 Å². The third-order valence-corrected chi connectivity index (χ3v) is 0. The van der Waals surface area contributed by atoms with Gasteiger partial charge in [0.25, 0.3) is 6.26 Å². The molecule has 1 N–H and O–H groups in total. The van der Waals surface area contributed by atoms with Gasteiger partial charge in [0.15, 0.2) is 0 Å². The van der Waals surface area contributed by atoms with Crippen LogP contribution in [-0.4, -0.2) is 5.11 Å². The second kappa shape index (κ2) is 205. The minimum Gasteiger partial charge on any atom is -0.443 e. The highest BCUT2D eigenvalue weighted by molar-refractivity contribution is 4.30. The molecule has 5 heavy (non-hydrogen) atoms. The van der Waals surface area contributed by atoms with Gasteiger partial charge in [-0.2, -0.15) is 5.26 Å². The Balaban J connectivity index is 0. The molecule has 2 heteroatoms. The Morgan fingerprint density at radius 1 is 1.60 bits per heavy atom. The van der Waals surface area contributed by atoms with Gasteiger partial charge in [-0.15, -0.1) is 0 Å². The Kier molecular flexibility index (Phi) is 363. The number of nitrogens with zero attached hydrogens (tertiary/aromatic N) is 1. The van der Waals surface area contributed by atoms with Gasteiger partial charge in [0.2, 0.25) is 0 Å². The van der Waals surface area contributed by atoms with Crippen molar-refractivity contribution in [3.05, 3.63) is 0 Å². The van der Waals surface area contributed by atoms with Gasteiger partial charge in [-0.25, -0.2) is 0 Å². The summed E-state index contributed by atoms with van der Waals surface area (Å²) in [7, 11) is 0. The van der Waals surface area contributed by atoms with E-state index in [1.807, 2.05) is 13.8 Å². The highest BCUT2D eigenvalue weighted by Crippen LogP contribution is 1.14. The Morgan fingerprint density at radius 3 is 1.60 bits per heavy atom. The van der Waals surface area contributed by atoms with E-state index >= 15 is 0 Å². The lowest BCUT2D eigenvalue weighted by molar-refractivity contribution is 0.503. The smallest absolute Gasteiger partial charge is 0.283 e. The molecule has 0 bridgehead atoms. The fourth-order valence-corrected chi connectivity index (χ4v) is 0. The first-order valence-electron chi connectivity index (χ1n) is 1.45. The summed E-state index contributed by atoms with van der Waals surface area (Å²) >= 11 is 0. The monoisotopic (exact) mass is 73.1 g/mol. The highest BCUT2D eigenvalue weighted by atomic mass is 16.2. The van der Waals surface area contributed by atoms with Gasteiger partial charge in [0.1, 0.15) is 0 Å². The average molecular weight is 73.1 g/mol. The lowest BCUT2D eigenvalue weighted by Gasteiger charge is -1.25. The standard InChI is InChI=1S/C2H6.CHNO/c1-2;2-1-3/h1-2H3;3H. The van der Waals surface area contributed by atoms with Crippen LogP contribution in [-0.2, 0) is 0 Å². The minimum absolute atomic E-state index is 0.750. The van der Waals surface area contributed by atoms with Crippen molar-refractivity contribution >= 4 is 0 Å². The van der Waals surface area contributed by atoms with E-state index in [0.717, 1.165) is 6.26 Å². The predicted octanol–water partition coefficient (Wildman–Crippen LogP) is 0.866. The summed E-state index contributed by atoms with van der Waals surface area (Å²) in [4.78, 5) is 0. The van der Waals surface area contributed by atoms with E-state index < -0.39 is 0 Å². The van der Waals surface area contributed by atoms with E-state index in [4.69, 9.17) is 10.4 Å². The van der Waals surface area contributed by atoms with Gasteiger partial charge in [0.05, 0.1) is 0 Å². The summed E-state index contributed by atoms with van der Waals surface area (Å²) in [6, 6.07) is 0. The number of aliphatic hydroxyl groups is 1. The van der Waals surface area contributed by atoms with E-state index in [0.29, 0.717) is 0 Å². The van der Waals surface area contributed by atoms with Crippen molar-refractivity contribution in [2.75, 3.05) is 0 Å². The third-order valence-electron chi connectivity index (χ3n) is 0. The molecule has 0 rings (SSSR count). The molecule has 0 amide bonds. The predicted molar refractivity (Wildman–Crippen MR) is 18.9 cm³/mol. The molecule has 0 aromatic carbocycles. The first-order chi connectivity index (χ1) is 2.41. The minimum atomic E-state index is 0.750. The van der Waals surface area contributed by atoms with E-state index in [-0.39, 0.29) is 0 Å². The van der Waals surface area contributed by atoms with Crippen molar-refractivity contribution in [2.45, 2.75) is 13.8 Å². The zero-order valence-corrected chi connectivity index (χ0v) is 3.39. The molecule has 0 spiro atoms. The molecule has 0 aliphatic rings. The van der Waals surface area contributed by atoms with Crippen molar-refractivity contribution in [3.63, 3.8) is 0 Å². The Morgan fingerprint density at radius 2 is 1.60 bits per heavy atom. The molecule has 0 aromatic heterocycles. The van der Waals surface area contributed by atoms with E-state index in [1.54, 1.807) is 0 Å². The van der Waals surface area contributed by atoms with E-state index in [1.165, 1.54) is 0 Å². The van der Waals surface area contributed by atoms with Crippen LogP contribution in [0.15, 0.2) is 0 Å². The van der Waals surface area contributed by atoms with Crippen LogP contribution in [0.1, 0.15) is 13.8 Å². The topological polar surface area (TPSA) is 44.0 Å². The molecule has 0 unspecified atom stereocenters. The molecule has 0 aromatic rings. The normalized spacial score (nSPS) is 2.60. The zero-order valence-electron chi connectivity index (χ0n) is 3.39. The van der Waals surface area contributed by atoms with E-state index in [2.05, 4.69) is 0 Å². The van der Waals surface area contributed by atoms with Crippen molar-refractivity contribution in [3.8, 4) is 6.26 Å². The first-order valence-corrected chi connectivity index (χ1v) is 1.45. The van der Waals surface area contributed by atoms with Crippen LogP contribution in [0.3, 0.4) is 0 Å². The molecule has 30 valence electrons. The molecule has 0 atom stereocenters. The van der Waals surface area contributed by atoms with Crippen LogP contribution >= 0.6 is 0 Å². The molecule has 0 saturated carbocycles. The average Bonchev–Trinajstić information content (AvgIpc) is 1.46. The molecule has 0 aliphatic carbocycles. The number of rotatable bonds is 0. The van der Waals surface area contributed by atoms with Gasteiger partial charge in [-0.3, -0.25) is 0 Å².